The Hall–Kier alpha value is -0.900. The van der Waals surface area contributed by atoms with Crippen molar-refractivity contribution in [1.82, 2.24) is 10.2 Å². The van der Waals surface area contributed by atoms with Gasteiger partial charge in [0, 0.05) is 32.1 Å². The molecule has 1 heterocycles. The highest BCUT2D eigenvalue weighted by Crippen LogP contribution is 2.23. The van der Waals surface area contributed by atoms with Crippen LogP contribution in [0.2, 0.25) is 0 Å². The SMILES string of the molecule is CC(O)C(CCN1CCNCC1)c1ccccc1. The topological polar surface area (TPSA) is 35.5 Å². The summed E-state index contributed by atoms with van der Waals surface area (Å²) in [6.07, 6.45) is 0.747. The van der Waals surface area contributed by atoms with Crippen molar-refractivity contribution in [3.8, 4) is 0 Å². The normalized spacial score (nSPS) is 20.6. The fraction of sp³-hybridized carbons (Fsp3) is 0.600. The fourth-order valence-electron chi connectivity index (χ4n) is 2.64. The number of hydrogen-bond acceptors (Lipinski definition) is 3. The second-order valence-electron chi connectivity index (χ2n) is 5.14. The maximum absolute atomic E-state index is 9.96. The smallest absolute Gasteiger partial charge is 0.0581 e. The number of piperazine rings is 1. The molecule has 100 valence electrons. The standard InChI is InChI=1S/C15H24N2O/c1-13(18)15(14-5-3-2-4-6-14)7-10-17-11-8-16-9-12-17/h2-6,13,15-16,18H,7-12H2,1H3. The summed E-state index contributed by atoms with van der Waals surface area (Å²) < 4.78 is 0. The van der Waals surface area contributed by atoms with Crippen LogP contribution >= 0.6 is 0 Å². The van der Waals surface area contributed by atoms with E-state index in [2.05, 4.69) is 34.5 Å². The minimum absolute atomic E-state index is 0.251. The lowest BCUT2D eigenvalue weighted by Gasteiger charge is -2.29. The quantitative estimate of drug-likeness (QED) is 0.828. The van der Waals surface area contributed by atoms with Crippen LogP contribution in [0, 0.1) is 0 Å². The number of aliphatic hydroxyl groups excluding tert-OH is 1. The van der Waals surface area contributed by atoms with Crippen LogP contribution in [0.1, 0.15) is 24.8 Å². The molecule has 2 unspecified atom stereocenters. The summed E-state index contributed by atoms with van der Waals surface area (Å²) in [5, 5.41) is 13.3. The lowest BCUT2D eigenvalue weighted by Crippen LogP contribution is -2.44. The number of benzene rings is 1. The molecule has 0 radical (unpaired) electrons. The third-order valence-corrected chi connectivity index (χ3v) is 3.78. The lowest BCUT2D eigenvalue weighted by molar-refractivity contribution is 0.143. The van der Waals surface area contributed by atoms with E-state index in [4.69, 9.17) is 0 Å². The molecule has 18 heavy (non-hydrogen) atoms. The molecule has 0 aromatic heterocycles. The van der Waals surface area contributed by atoms with Gasteiger partial charge in [-0.25, -0.2) is 0 Å². The van der Waals surface area contributed by atoms with Crippen molar-refractivity contribution in [2.75, 3.05) is 32.7 Å². The molecular formula is C15H24N2O. The molecule has 0 saturated carbocycles. The molecule has 1 aromatic carbocycles. The van der Waals surface area contributed by atoms with E-state index >= 15 is 0 Å². The Labute approximate surface area is 110 Å². The molecule has 0 spiro atoms. The van der Waals surface area contributed by atoms with E-state index < -0.39 is 0 Å². The molecule has 1 aromatic rings. The van der Waals surface area contributed by atoms with Crippen molar-refractivity contribution in [3.05, 3.63) is 35.9 Å². The number of nitrogens with one attached hydrogen (secondary N) is 1. The van der Waals surface area contributed by atoms with Crippen LogP contribution in [0.15, 0.2) is 30.3 Å². The zero-order valence-electron chi connectivity index (χ0n) is 11.2. The first-order valence-corrected chi connectivity index (χ1v) is 6.93. The van der Waals surface area contributed by atoms with Crippen molar-refractivity contribution >= 4 is 0 Å². The predicted molar refractivity (Wildman–Crippen MR) is 74.8 cm³/mol. The zero-order valence-corrected chi connectivity index (χ0v) is 11.2. The number of hydrogen-bond donors (Lipinski definition) is 2. The lowest BCUT2D eigenvalue weighted by atomic mass is 9.91. The van der Waals surface area contributed by atoms with Gasteiger partial charge in [-0.2, -0.15) is 0 Å². The number of aliphatic hydroxyl groups is 1. The Bertz CT molecular complexity index is 334. The molecule has 0 aliphatic carbocycles. The van der Waals surface area contributed by atoms with E-state index in [1.54, 1.807) is 0 Å². The van der Waals surface area contributed by atoms with Gasteiger partial charge in [-0.1, -0.05) is 30.3 Å². The van der Waals surface area contributed by atoms with Crippen LogP contribution in [-0.4, -0.2) is 48.8 Å². The highest BCUT2D eigenvalue weighted by Gasteiger charge is 2.19. The zero-order chi connectivity index (χ0) is 12.8. The fourth-order valence-corrected chi connectivity index (χ4v) is 2.64. The minimum atomic E-state index is -0.282. The van der Waals surface area contributed by atoms with Crippen LogP contribution in [0.25, 0.3) is 0 Å². The second-order valence-corrected chi connectivity index (χ2v) is 5.14. The van der Waals surface area contributed by atoms with Crippen molar-refractivity contribution in [3.63, 3.8) is 0 Å². The van der Waals surface area contributed by atoms with Gasteiger partial charge in [0.05, 0.1) is 6.10 Å². The Morgan fingerprint density at radius 1 is 1.22 bits per heavy atom. The Morgan fingerprint density at radius 3 is 2.50 bits per heavy atom. The largest absolute Gasteiger partial charge is 0.393 e. The summed E-state index contributed by atoms with van der Waals surface area (Å²) in [5.74, 6) is 0.251. The van der Waals surface area contributed by atoms with Crippen molar-refractivity contribution < 1.29 is 5.11 Å². The molecule has 0 bridgehead atoms. The van der Waals surface area contributed by atoms with Gasteiger partial charge in [-0.15, -0.1) is 0 Å². The summed E-state index contributed by atoms with van der Waals surface area (Å²) in [4.78, 5) is 2.48. The average Bonchev–Trinajstić information content (AvgIpc) is 2.41. The highest BCUT2D eigenvalue weighted by molar-refractivity contribution is 5.20. The van der Waals surface area contributed by atoms with Crippen molar-refractivity contribution in [1.29, 1.82) is 0 Å². The molecule has 1 fully saturated rings. The predicted octanol–water partition coefficient (Wildman–Crippen LogP) is 1.45. The summed E-state index contributed by atoms with van der Waals surface area (Å²) in [6, 6.07) is 10.4. The maximum atomic E-state index is 9.96. The van der Waals surface area contributed by atoms with E-state index in [-0.39, 0.29) is 12.0 Å². The molecule has 3 nitrogen and oxygen atoms in total. The van der Waals surface area contributed by atoms with Crippen LogP contribution in [0.3, 0.4) is 0 Å². The second kappa shape index (κ2) is 6.88. The Balaban J connectivity index is 1.90. The highest BCUT2D eigenvalue weighted by atomic mass is 16.3. The molecular weight excluding hydrogens is 224 g/mol. The van der Waals surface area contributed by atoms with Gasteiger partial charge in [0.2, 0.25) is 0 Å². The summed E-state index contributed by atoms with van der Waals surface area (Å²) >= 11 is 0. The molecule has 2 atom stereocenters. The van der Waals surface area contributed by atoms with Crippen LogP contribution in [0.4, 0.5) is 0 Å². The minimum Gasteiger partial charge on any atom is -0.393 e. The summed E-state index contributed by atoms with van der Waals surface area (Å²) in [6.45, 7) is 7.40. The molecule has 0 amide bonds. The van der Waals surface area contributed by atoms with Gasteiger partial charge < -0.3 is 15.3 Å². The van der Waals surface area contributed by atoms with Crippen molar-refractivity contribution in [2.24, 2.45) is 0 Å². The molecule has 2 N–H and O–H groups in total. The summed E-state index contributed by atoms with van der Waals surface area (Å²) in [7, 11) is 0. The van der Waals surface area contributed by atoms with Gasteiger partial charge in [0.25, 0.3) is 0 Å². The maximum Gasteiger partial charge on any atom is 0.0581 e. The first kappa shape index (κ1) is 13.5. The van der Waals surface area contributed by atoms with Gasteiger partial charge in [-0.05, 0) is 25.5 Å². The Kier molecular flexibility index (Phi) is 5.17. The molecule has 1 saturated heterocycles. The van der Waals surface area contributed by atoms with Gasteiger partial charge in [0.15, 0.2) is 0 Å². The molecule has 1 aliphatic rings. The first-order chi connectivity index (χ1) is 8.77. The third kappa shape index (κ3) is 3.80. The van der Waals surface area contributed by atoms with E-state index in [0.29, 0.717) is 0 Å². The first-order valence-electron chi connectivity index (χ1n) is 6.93. The van der Waals surface area contributed by atoms with E-state index in [0.717, 1.165) is 39.1 Å². The molecule has 1 aliphatic heterocycles. The van der Waals surface area contributed by atoms with Crippen molar-refractivity contribution in [2.45, 2.75) is 25.4 Å². The van der Waals surface area contributed by atoms with E-state index in [1.165, 1.54) is 5.56 Å². The van der Waals surface area contributed by atoms with Crippen LogP contribution in [-0.2, 0) is 0 Å². The van der Waals surface area contributed by atoms with Gasteiger partial charge >= 0.3 is 0 Å². The average molecular weight is 248 g/mol. The van der Waals surface area contributed by atoms with Gasteiger partial charge in [0.1, 0.15) is 0 Å². The molecule has 2 rings (SSSR count). The van der Waals surface area contributed by atoms with Gasteiger partial charge in [-0.3, -0.25) is 0 Å². The van der Waals surface area contributed by atoms with Crippen LogP contribution < -0.4 is 5.32 Å². The molecule has 3 heteroatoms. The van der Waals surface area contributed by atoms with Crippen LogP contribution in [0.5, 0.6) is 0 Å². The number of rotatable bonds is 5. The Morgan fingerprint density at radius 2 is 1.89 bits per heavy atom. The van der Waals surface area contributed by atoms with E-state index in [1.807, 2.05) is 13.0 Å². The summed E-state index contributed by atoms with van der Waals surface area (Å²) in [5.41, 5.74) is 1.25. The monoisotopic (exact) mass is 248 g/mol. The third-order valence-electron chi connectivity index (χ3n) is 3.78. The number of nitrogens with zero attached hydrogens (tertiary/aromatic N) is 1. The van der Waals surface area contributed by atoms with E-state index in [9.17, 15) is 5.11 Å².